The molecule has 1 aromatic carbocycles. The molecule has 2 N–H and O–H groups in total. The molecular formula is C15H24N2OS. The highest BCUT2D eigenvalue weighted by atomic mass is 32.2. The van der Waals surface area contributed by atoms with Crippen molar-refractivity contribution >= 4 is 11.8 Å². The Balaban J connectivity index is 1.79. The standard InChI is InChI=1S/C15H24N2OS/c1-2-19-14-5-3-13(4-6-14)15(18)7-10-17-11-8-16-9-12-17/h3-6,15-16,18H,2,7-12H2,1H3. The van der Waals surface area contributed by atoms with Crippen molar-refractivity contribution in [1.82, 2.24) is 10.2 Å². The summed E-state index contributed by atoms with van der Waals surface area (Å²) in [6.07, 6.45) is 0.482. The van der Waals surface area contributed by atoms with Gasteiger partial charge in [-0.25, -0.2) is 0 Å². The van der Waals surface area contributed by atoms with Crippen LogP contribution in [0.5, 0.6) is 0 Å². The lowest BCUT2D eigenvalue weighted by atomic mass is 10.1. The number of nitrogens with zero attached hydrogens (tertiary/aromatic N) is 1. The van der Waals surface area contributed by atoms with Gasteiger partial charge in [0.25, 0.3) is 0 Å². The van der Waals surface area contributed by atoms with E-state index in [0.29, 0.717) is 0 Å². The van der Waals surface area contributed by atoms with Crippen molar-refractivity contribution in [3.05, 3.63) is 29.8 Å². The van der Waals surface area contributed by atoms with Crippen LogP contribution in [0.15, 0.2) is 29.2 Å². The van der Waals surface area contributed by atoms with E-state index in [4.69, 9.17) is 0 Å². The molecule has 0 bridgehead atoms. The van der Waals surface area contributed by atoms with E-state index in [2.05, 4.69) is 41.4 Å². The molecule has 0 radical (unpaired) electrons. The first-order chi connectivity index (χ1) is 9.29. The van der Waals surface area contributed by atoms with Crippen molar-refractivity contribution in [2.75, 3.05) is 38.5 Å². The third-order valence-corrected chi connectivity index (χ3v) is 4.40. The second kappa shape index (κ2) is 7.90. The Morgan fingerprint density at radius 2 is 1.95 bits per heavy atom. The van der Waals surface area contributed by atoms with Crippen LogP contribution in [0.1, 0.15) is 25.0 Å². The summed E-state index contributed by atoms with van der Waals surface area (Å²) < 4.78 is 0. The molecule has 1 aliphatic heterocycles. The molecule has 0 spiro atoms. The van der Waals surface area contributed by atoms with Gasteiger partial charge in [0.15, 0.2) is 0 Å². The molecule has 0 saturated carbocycles. The summed E-state index contributed by atoms with van der Waals surface area (Å²) in [6.45, 7) is 7.46. The van der Waals surface area contributed by atoms with Crippen LogP contribution in [-0.4, -0.2) is 48.5 Å². The Morgan fingerprint density at radius 1 is 1.26 bits per heavy atom. The third-order valence-electron chi connectivity index (χ3n) is 3.50. The predicted molar refractivity (Wildman–Crippen MR) is 81.7 cm³/mol. The molecular weight excluding hydrogens is 256 g/mol. The number of aliphatic hydroxyl groups excluding tert-OH is 1. The summed E-state index contributed by atoms with van der Waals surface area (Å²) in [4.78, 5) is 3.70. The number of benzene rings is 1. The number of aliphatic hydroxyl groups is 1. The Hall–Kier alpha value is -0.550. The number of piperazine rings is 1. The Bertz CT molecular complexity index is 363. The van der Waals surface area contributed by atoms with Crippen molar-refractivity contribution < 1.29 is 5.11 Å². The first-order valence-electron chi connectivity index (χ1n) is 7.13. The SMILES string of the molecule is CCSc1ccc(C(O)CCN2CCNCC2)cc1. The summed E-state index contributed by atoms with van der Waals surface area (Å²) in [5.41, 5.74) is 1.04. The number of hydrogen-bond donors (Lipinski definition) is 2. The molecule has 1 atom stereocenters. The summed E-state index contributed by atoms with van der Waals surface area (Å²) in [5, 5.41) is 13.6. The predicted octanol–water partition coefficient (Wildman–Crippen LogP) is 2.13. The van der Waals surface area contributed by atoms with Crippen LogP contribution in [0.25, 0.3) is 0 Å². The minimum Gasteiger partial charge on any atom is -0.388 e. The fourth-order valence-corrected chi connectivity index (χ4v) is 3.02. The van der Waals surface area contributed by atoms with Crippen molar-refractivity contribution in [2.24, 2.45) is 0 Å². The second-order valence-corrected chi connectivity index (χ2v) is 6.24. The summed E-state index contributed by atoms with van der Waals surface area (Å²) in [7, 11) is 0. The average Bonchev–Trinajstić information content (AvgIpc) is 2.47. The molecule has 3 nitrogen and oxygen atoms in total. The monoisotopic (exact) mass is 280 g/mol. The van der Waals surface area contributed by atoms with Crippen LogP contribution in [-0.2, 0) is 0 Å². The lowest BCUT2D eigenvalue weighted by molar-refractivity contribution is 0.136. The molecule has 1 heterocycles. The van der Waals surface area contributed by atoms with Crippen LogP contribution >= 0.6 is 11.8 Å². The van der Waals surface area contributed by atoms with Gasteiger partial charge in [-0.15, -0.1) is 11.8 Å². The van der Waals surface area contributed by atoms with Crippen molar-refractivity contribution in [2.45, 2.75) is 24.3 Å². The quantitative estimate of drug-likeness (QED) is 0.783. The van der Waals surface area contributed by atoms with Crippen LogP contribution in [0, 0.1) is 0 Å². The molecule has 0 aromatic heterocycles. The van der Waals surface area contributed by atoms with Gasteiger partial charge in [0.05, 0.1) is 6.10 Å². The number of thioether (sulfide) groups is 1. The number of nitrogens with one attached hydrogen (secondary N) is 1. The van der Waals surface area contributed by atoms with Crippen LogP contribution in [0.3, 0.4) is 0 Å². The zero-order valence-corrected chi connectivity index (χ0v) is 12.5. The van der Waals surface area contributed by atoms with Gasteiger partial charge < -0.3 is 15.3 Å². The molecule has 1 saturated heterocycles. The van der Waals surface area contributed by atoms with Crippen molar-refractivity contribution in [3.8, 4) is 0 Å². The van der Waals surface area contributed by atoms with Crippen LogP contribution < -0.4 is 5.32 Å². The molecule has 1 fully saturated rings. The van der Waals surface area contributed by atoms with E-state index in [9.17, 15) is 5.11 Å². The van der Waals surface area contributed by atoms with E-state index >= 15 is 0 Å². The molecule has 1 unspecified atom stereocenters. The summed E-state index contributed by atoms with van der Waals surface area (Å²) in [6, 6.07) is 8.33. The minimum atomic E-state index is -0.337. The normalized spacial score (nSPS) is 18.4. The van der Waals surface area contributed by atoms with E-state index in [0.717, 1.165) is 50.5 Å². The van der Waals surface area contributed by atoms with E-state index in [-0.39, 0.29) is 6.10 Å². The molecule has 0 amide bonds. The van der Waals surface area contributed by atoms with Crippen LogP contribution in [0.2, 0.25) is 0 Å². The van der Waals surface area contributed by atoms with Gasteiger partial charge in [-0.2, -0.15) is 0 Å². The number of rotatable bonds is 6. The number of hydrogen-bond acceptors (Lipinski definition) is 4. The molecule has 19 heavy (non-hydrogen) atoms. The maximum Gasteiger partial charge on any atom is 0.0802 e. The maximum atomic E-state index is 10.2. The van der Waals surface area contributed by atoms with E-state index < -0.39 is 0 Å². The minimum absolute atomic E-state index is 0.337. The Kier molecular flexibility index (Phi) is 6.17. The van der Waals surface area contributed by atoms with Gasteiger partial charge in [-0.05, 0) is 29.9 Å². The second-order valence-electron chi connectivity index (χ2n) is 4.90. The fraction of sp³-hybridized carbons (Fsp3) is 0.600. The van der Waals surface area contributed by atoms with E-state index in [1.54, 1.807) is 0 Å². The zero-order chi connectivity index (χ0) is 13.5. The largest absolute Gasteiger partial charge is 0.388 e. The molecule has 1 aliphatic rings. The molecule has 0 aliphatic carbocycles. The Morgan fingerprint density at radius 3 is 2.58 bits per heavy atom. The lowest BCUT2D eigenvalue weighted by Crippen LogP contribution is -2.44. The fourth-order valence-electron chi connectivity index (χ4n) is 2.36. The maximum absolute atomic E-state index is 10.2. The smallest absolute Gasteiger partial charge is 0.0802 e. The first kappa shape index (κ1) is 14.9. The highest BCUT2D eigenvalue weighted by Crippen LogP contribution is 2.22. The molecule has 4 heteroatoms. The van der Waals surface area contributed by atoms with E-state index in [1.165, 1.54) is 4.90 Å². The average molecular weight is 280 g/mol. The topological polar surface area (TPSA) is 35.5 Å². The summed E-state index contributed by atoms with van der Waals surface area (Å²) in [5.74, 6) is 1.09. The van der Waals surface area contributed by atoms with Gasteiger partial charge in [0.1, 0.15) is 0 Å². The lowest BCUT2D eigenvalue weighted by Gasteiger charge is -2.28. The van der Waals surface area contributed by atoms with Crippen LogP contribution in [0.4, 0.5) is 0 Å². The van der Waals surface area contributed by atoms with Gasteiger partial charge in [0, 0.05) is 37.6 Å². The first-order valence-corrected chi connectivity index (χ1v) is 8.12. The Labute approximate surface area is 120 Å². The molecule has 106 valence electrons. The third kappa shape index (κ3) is 4.80. The van der Waals surface area contributed by atoms with Gasteiger partial charge in [-0.3, -0.25) is 0 Å². The highest BCUT2D eigenvalue weighted by Gasteiger charge is 2.13. The molecule has 2 rings (SSSR count). The van der Waals surface area contributed by atoms with Crippen molar-refractivity contribution in [3.63, 3.8) is 0 Å². The zero-order valence-electron chi connectivity index (χ0n) is 11.6. The van der Waals surface area contributed by atoms with E-state index in [1.807, 2.05) is 11.8 Å². The van der Waals surface area contributed by atoms with Gasteiger partial charge in [-0.1, -0.05) is 19.1 Å². The van der Waals surface area contributed by atoms with Gasteiger partial charge >= 0.3 is 0 Å². The summed E-state index contributed by atoms with van der Waals surface area (Å²) >= 11 is 1.83. The highest BCUT2D eigenvalue weighted by molar-refractivity contribution is 7.99. The van der Waals surface area contributed by atoms with Gasteiger partial charge in [0.2, 0.25) is 0 Å². The van der Waals surface area contributed by atoms with Crippen molar-refractivity contribution in [1.29, 1.82) is 0 Å². The molecule has 1 aromatic rings.